The van der Waals surface area contributed by atoms with Gasteiger partial charge in [0.25, 0.3) is 11.8 Å². The lowest BCUT2D eigenvalue weighted by atomic mass is 9.85. The largest absolute Gasteiger partial charge is 0.464 e. The van der Waals surface area contributed by atoms with Crippen LogP contribution in [0.1, 0.15) is 175 Å². The highest BCUT2D eigenvalue weighted by molar-refractivity contribution is 6.38. The molecule has 2 saturated heterocycles. The number of esters is 2. The van der Waals surface area contributed by atoms with Crippen LogP contribution in [0.5, 0.6) is 0 Å². The molecule has 0 aromatic heterocycles. The maximum atomic E-state index is 14.3. The quantitative estimate of drug-likeness (QED) is 0.0477. The third-order valence-corrected chi connectivity index (χ3v) is 19.9. The van der Waals surface area contributed by atoms with Crippen LogP contribution in [0.2, 0.25) is 0 Å². The lowest BCUT2D eigenvalue weighted by Gasteiger charge is -2.38. The lowest BCUT2D eigenvalue weighted by molar-refractivity contribution is -0.154. The Bertz CT molecular complexity index is 2750. The van der Waals surface area contributed by atoms with Gasteiger partial charge in [-0.25, -0.2) is 19.2 Å². The average molecular weight is 1240 g/mol. The first-order valence-electron chi connectivity index (χ1n) is 32.0. The number of hydrogen-bond acceptors (Lipinski definition) is 14. The molecular weight excluding hydrogens is 1130 g/mol. The summed E-state index contributed by atoms with van der Waals surface area (Å²) in [4.78, 5) is 160. The highest BCUT2D eigenvalue weighted by Crippen LogP contribution is 2.66. The Balaban J connectivity index is 0.000000251. The molecule has 0 aromatic carbocycles. The van der Waals surface area contributed by atoms with Crippen LogP contribution in [0.25, 0.3) is 0 Å². The van der Waals surface area contributed by atoms with Gasteiger partial charge in [-0.3, -0.25) is 38.4 Å². The van der Waals surface area contributed by atoms with Gasteiger partial charge in [-0.2, -0.15) is 0 Å². The van der Waals surface area contributed by atoms with E-state index in [1.165, 1.54) is 9.80 Å². The first kappa shape index (κ1) is 69.1. The molecule has 2 aliphatic heterocycles. The second-order valence-corrected chi connectivity index (χ2v) is 31.6. The number of piperidine rings is 2. The van der Waals surface area contributed by atoms with E-state index in [0.717, 1.165) is 51.4 Å². The highest BCUT2D eigenvalue weighted by atomic mass is 16.5. The molecule has 24 heteroatoms. The van der Waals surface area contributed by atoms with E-state index in [0.29, 0.717) is 44.4 Å². The summed E-state index contributed by atoms with van der Waals surface area (Å²) in [5.74, 6) is -5.98. The minimum absolute atomic E-state index is 0.0638. The van der Waals surface area contributed by atoms with Crippen LogP contribution in [0, 0.1) is 80.3 Å². The summed E-state index contributed by atoms with van der Waals surface area (Å²) in [6.07, 6.45) is 8.16. The Morgan fingerprint density at radius 2 is 0.864 bits per heavy atom. The van der Waals surface area contributed by atoms with Crippen molar-refractivity contribution < 1.29 is 67.0 Å². The summed E-state index contributed by atoms with van der Waals surface area (Å²) in [7, 11) is 0. The summed E-state index contributed by atoms with van der Waals surface area (Å²) in [6.45, 7) is 31.0. The van der Waals surface area contributed by atoms with Crippen molar-refractivity contribution in [3.63, 3.8) is 0 Å². The molecule has 10 amide bonds. The predicted octanol–water partition coefficient (Wildman–Crippen LogP) is 3.78. The van der Waals surface area contributed by atoms with Gasteiger partial charge in [-0.15, -0.1) is 0 Å². The van der Waals surface area contributed by atoms with Gasteiger partial charge in [0.1, 0.15) is 42.4 Å². The molecule has 13 atom stereocenters. The highest BCUT2D eigenvalue weighted by Gasteiger charge is 2.71. The van der Waals surface area contributed by atoms with E-state index < -0.39 is 136 Å². The van der Waals surface area contributed by atoms with Crippen molar-refractivity contribution in [2.24, 2.45) is 91.8 Å². The van der Waals surface area contributed by atoms with Crippen LogP contribution in [-0.4, -0.2) is 155 Å². The van der Waals surface area contributed by atoms with Crippen molar-refractivity contribution in [2.45, 2.75) is 229 Å². The standard InChI is InChI=1S/C33H53N5O7.C31H49N5O7/c1-16(18-12-13-18)45-29(43)25(32(5,6)7)37-30(44)36-24(31(2,3)4)28(42)38-15-19-21(33(19,8)9)22(38)27(41)35-20(14-17-10-11-17)23(39)26(34)40;1-15(2)21(28(41)43-14-17-10-11-17)34-29(42)35-24(30(3,4)5)27(40)36-13-18-20(31(18,6)7)22(36)26(39)33-19(12-16-8-9-16)23(37)25(32)38/h16-22,24-25H,10-15H2,1-9H3,(H2,34,40)(H,35,41)(H2,36,37,44);15-22,24H,8-14H2,1-7H3,(H2,32,38)(H,33,39)(H2,34,35,42)/t16?,19-,20?,21-,22-,24+,25+;18-,19?,20-,21-,22-,24+/m00/s1. The molecule has 0 bridgehead atoms. The zero-order valence-electron chi connectivity index (χ0n) is 54.8. The normalized spacial score (nSPS) is 26.2. The lowest BCUT2D eigenvalue weighted by Crippen LogP contribution is -2.62. The minimum atomic E-state index is -1.10. The fourth-order valence-electron chi connectivity index (χ4n) is 13.2. The number of nitrogens with one attached hydrogen (secondary N) is 6. The van der Waals surface area contributed by atoms with Crippen molar-refractivity contribution in [2.75, 3.05) is 19.7 Å². The molecule has 492 valence electrons. The van der Waals surface area contributed by atoms with Crippen molar-refractivity contribution >= 4 is 71.0 Å². The maximum Gasteiger partial charge on any atom is 0.329 e. The van der Waals surface area contributed by atoms with Crippen LogP contribution in [0.4, 0.5) is 9.59 Å². The molecule has 88 heavy (non-hydrogen) atoms. The number of fused-ring (bicyclic) bond motifs is 2. The number of nitrogens with zero attached hydrogens (tertiary/aromatic N) is 2. The van der Waals surface area contributed by atoms with Crippen molar-refractivity contribution in [3.8, 4) is 0 Å². The second-order valence-electron chi connectivity index (χ2n) is 31.6. The number of nitrogens with two attached hydrogens (primary N) is 2. The van der Waals surface area contributed by atoms with Gasteiger partial charge < -0.3 is 62.6 Å². The van der Waals surface area contributed by atoms with E-state index in [-0.39, 0.29) is 58.4 Å². The van der Waals surface area contributed by atoms with E-state index in [1.54, 1.807) is 13.8 Å². The average Bonchev–Trinajstić information content (AvgIpc) is 1.55. The Labute approximate surface area is 518 Å². The maximum absolute atomic E-state index is 14.3. The van der Waals surface area contributed by atoms with Crippen LogP contribution in [-0.2, 0) is 57.4 Å². The van der Waals surface area contributed by atoms with Crippen molar-refractivity contribution in [1.29, 1.82) is 0 Å². The number of rotatable bonds is 25. The van der Waals surface area contributed by atoms with E-state index >= 15 is 0 Å². The number of ketones is 2. The minimum Gasteiger partial charge on any atom is -0.464 e. The summed E-state index contributed by atoms with van der Waals surface area (Å²) in [5.41, 5.74) is 8.02. The van der Waals surface area contributed by atoms with Gasteiger partial charge in [0.15, 0.2) is 0 Å². The van der Waals surface area contributed by atoms with E-state index in [9.17, 15) is 57.5 Å². The molecule has 6 saturated carbocycles. The molecule has 2 heterocycles. The second kappa shape index (κ2) is 25.9. The van der Waals surface area contributed by atoms with Gasteiger partial charge in [0, 0.05) is 13.1 Å². The third kappa shape index (κ3) is 16.5. The summed E-state index contributed by atoms with van der Waals surface area (Å²) >= 11 is 0. The number of ether oxygens (including phenoxy) is 2. The number of amides is 10. The van der Waals surface area contributed by atoms with Gasteiger partial charge in [-0.1, -0.05) is 130 Å². The number of carbonyl (C=O) groups is 12. The smallest absolute Gasteiger partial charge is 0.329 e. The molecule has 6 aliphatic carbocycles. The van der Waals surface area contributed by atoms with Crippen LogP contribution in [0.3, 0.4) is 0 Å². The molecule has 3 unspecified atom stereocenters. The van der Waals surface area contributed by atoms with Crippen molar-refractivity contribution in [3.05, 3.63) is 0 Å². The first-order chi connectivity index (χ1) is 40.6. The fraction of sp³-hybridized carbons (Fsp3) is 0.812. The van der Waals surface area contributed by atoms with Gasteiger partial charge in [0.05, 0.1) is 18.7 Å². The Kier molecular flexibility index (Phi) is 20.3. The number of urea groups is 2. The summed E-state index contributed by atoms with van der Waals surface area (Å²) in [5, 5.41) is 16.5. The predicted molar refractivity (Wildman–Crippen MR) is 323 cm³/mol. The molecule has 24 nitrogen and oxygen atoms in total. The van der Waals surface area contributed by atoms with Gasteiger partial charge >= 0.3 is 24.0 Å². The van der Waals surface area contributed by atoms with E-state index in [4.69, 9.17) is 20.9 Å². The third-order valence-electron chi connectivity index (χ3n) is 19.9. The molecule has 0 spiro atoms. The zero-order valence-corrected chi connectivity index (χ0v) is 54.8. The van der Waals surface area contributed by atoms with E-state index in [1.807, 2.05) is 96.9 Å². The van der Waals surface area contributed by atoms with Gasteiger partial charge in [0.2, 0.25) is 35.2 Å². The number of primary amides is 2. The number of likely N-dealkylation sites (tertiary alicyclic amines) is 2. The Morgan fingerprint density at radius 3 is 1.19 bits per heavy atom. The Hall–Kier alpha value is -6.36. The fourth-order valence-corrected chi connectivity index (χ4v) is 13.2. The molecule has 8 fully saturated rings. The zero-order chi connectivity index (χ0) is 65.8. The van der Waals surface area contributed by atoms with Crippen LogP contribution < -0.4 is 43.4 Å². The molecular formula is C64H102N10O14. The monoisotopic (exact) mass is 1230 g/mol. The molecule has 10 N–H and O–H groups in total. The van der Waals surface area contributed by atoms with Gasteiger partial charge in [-0.05, 0) is 126 Å². The topological polar surface area (TPSA) is 354 Å². The summed E-state index contributed by atoms with van der Waals surface area (Å²) < 4.78 is 11.1. The SMILES string of the molecule is CC(C)[C@H](NC(=O)N[C@H](C(=O)N1C[C@H]2[C@@H]([C@H]1C(=O)NC(CC1CC1)C(=O)C(N)=O)C2(C)C)C(C)(C)C)C(=O)OCC1CC1.CC(OC(=O)[C@@H](NC(=O)N[C@H](C(=O)N1C[C@H]2[C@@H]([C@H]1C(=O)NC(CC1CC1)C(=O)C(N)=O)C2(C)C)C(C)(C)C)C(C)(C)C)C1CC1. The molecule has 8 aliphatic rings. The van der Waals surface area contributed by atoms with Crippen LogP contribution in [0.15, 0.2) is 0 Å². The molecule has 8 rings (SSSR count). The number of carbonyl (C=O) groups excluding carboxylic acids is 12. The Morgan fingerprint density at radius 1 is 0.500 bits per heavy atom. The number of Topliss-reactive ketones (excluding diaryl/α,β-unsaturated/α-hetero) is 2. The molecule has 0 aromatic rings. The van der Waals surface area contributed by atoms with E-state index in [2.05, 4.69) is 31.9 Å². The summed E-state index contributed by atoms with van der Waals surface area (Å²) in [6, 6.07) is -9.11. The number of hydrogen-bond donors (Lipinski definition) is 8. The molecule has 0 radical (unpaired) electrons. The van der Waals surface area contributed by atoms with Crippen LogP contribution >= 0.6 is 0 Å². The van der Waals surface area contributed by atoms with Crippen molar-refractivity contribution in [1.82, 2.24) is 41.7 Å². The first-order valence-corrected chi connectivity index (χ1v) is 32.0.